The number of rotatable bonds is 5. The van der Waals surface area contributed by atoms with E-state index in [2.05, 4.69) is 31.8 Å². The van der Waals surface area contributed by atoms with Crippen LogP contribution in [0.4, 0.5) is 0 Å². The van der Waals surface area contributed by atoms with E-state index in [-0.39, 0.29) is 17.1 Å². The average molecular weight is 408 g/mol. The zero-order valence-corrected chi connectivity index (χ0v) is 16.8. The van der Waals surface area contributed by atoms with Crippen molar-refractivity contribution in [2.75, 3.05) is 5.75 Å². The van der Waals surface area contributed by atoms with Crippen LogP contribution in [0.15, 0.2) is 35.2 Å². The zero-order chi connectivity index (χ0) is 20.2. The standard InChI is InChI=1S/C19H20N8OS/c1-13-6-8-14(9-7-13)27-19(23-24-25-27)29-12-16(28)15(11-20)18-22-21-17-5-3-2-4-10-26(17)18/h6-9,28H,2-5,10,12H2,1H3/b16-15-. The quantitative estimate of drug-likeness (QED) is 0.389. The van der Waals surface area contributed by atoms with E-state index in [0.29, 0.717) is 11.0 Å². The number of thioether (sulfide) groups is 1. The number of aliphatic hydroxyl groups excluding tert-OH is 1. The Balaban J connectivity index is 1.56. The Bertz CT molecular complexity index is 1080. The van der Waals surface area contributed by atoms with Crippen LogP contribution in [0.1, 0.15) is 36.5 Å². The fraction of sp³-hybridized carbons (Fsp3) is 0.368. The van der Waals surface area contributed by atoms with Crippen LogP contribution in [-0.4, -0.2) is 45.8 Å². The fourth-order valence-electron chi connectivity index (χ4n) is 3.24. The molecule has 10 heteroatoms. The molecule has 1 aromatic carbocycles. The van der Waals surface area contributed by atoms with Crippen molar-refractivity contribution in [3.63, 3.8) is 0 Å². The van der Waals surface area contributed by atoms with Crippen molar-refractivity contribution in [1.82, 2.24) is 35.0 Å². The Morgan fingerprint density at radius 2 is 2.00 bits per heavy atom. The molecule has 1 N–H and O–H groups in total. The second-order valence-corrected chi connectivity index (χ2v) is 7.78. The minimum Gasteiger partial charge on any atom is -0.510 e. The highest BCUT2D eigenvalue weighted by molar-refractivity contribution is 7.99. The molecule has 1 aliphatic heterocycles. The van der Waals surface area contributed by atoms with Gasteiger partial charge in [-0.3, -0.25) is 0 Å². The van der Waals surface area contributed by atoms with E-state index in [1.807, 2.05) is 35.8 Å². The van der Waals surface area contributed by atoms with Gasteiger partial charge in [0.25, 0.3) is 0 Å². The molecule has 0 radical (unpaired) electrons. The number of nitrogens with zero attached hydrogens (tertiary/aromatic N) is 8. The molecular weight excluding hydrogens is 388 g/mol. The van der Waals surface area contributed by atoms with Gasteiger partial charge in [-0.1, -0.05) is 35.9 Å². The van der Waals surface area contributed by atoms with Crippen molar-refractivity contribution in [3.8, 4) is 11.8 Å². The Morgan fingerprint density at radius 1 is 1.17 bits per heavy atom. The van der Waals surface area contributed by atoms with Gasteiger partial charge in [-0.05, 0) is 42.3 Å². The number of aryl methyl sites for hydroxylation is 2. The van der Waals surface area contributed by atoms with Gasteiger partial charge in [0.2, 0.25) is 5.16 Å². The molecule has 0 spiro atoms. The highest BCUT2D eigenvalue weighted by Gasteiger charge is 2.21. The topological polar surface area (TPSA) is 118 Å². The molecule has 0 bridgehead atoms. The minimum atomic E-state index is -0.0598. The van der Waals surface area contributed by atoms with E-state index in [0.717, 1.165) is 49.3 Å². The lowest BCUT2D eigenvalue weighted by Gasteiger charge is -2.08. The Kier molecular flexibility index (Phi) is 5.57. The van der Waals surface area contributed by atoms with Crippen molar-refractivity contribution in [2.45, 2.75) is 44.3 Å². The SMILES string of the molecule is Cc1ccc(-n2nnnc2SC/C(O)=C(\C#N)c2nnc3n2CCCCC3)cc1. The molecule has 0 atom stereocenters. The summed E-state index contributed by atoms with van der Waals surface area (Å²) in [5.74, 6) is 1.39. The summed E-state index contributed by atoms with van der Waals surface area (Å²) in [6, 6.07) is 9.91. The molecule has 29 heavy (non-hydrogen) atoms. The van der Waals surface area contributed by atoms with Crippen LogP contribution < -0.4 is 0 Å². The molecule has 0 amide bonds. The molecule has 1 aliphatic rings. The molecule has 9 nitrogen and oxygen atoms in total. The number of aliphatic hydroxyl groups is 1. The third kappa shape index (κ3) is 4.00. The molecule has 2 aromatic heterocycles. The fourth-order valence-corrected chi connectivity index (χ4v) is 4.00. The smallest absolute Gasteiger partial charge is 0.214 e. The Labute approximate surface area is 172 Å². The molecule has 0 fully saturated rings. The third-order valence-corrected chi connectivity index (χ3v) is 5.72. The molecule has 148 valence electrons. The van der Waals surface area contributed by atoms with Gasteiger partial charge in [0, 0.05) is 13.0 Å². The zero-order valence-electron chi connectivity index (χ0n) is 16.0. The van der Waals surface area contributed by atoms with Crippen molar-refractivity contribution < 1.29 is 5.11 Å². The summed E-state index contributed by atoms with van der Waals surface area (Å²) in [5, 5.41) is 41.0. The summed E-state index contributed by atoms with van der Waals surface area (Å²) < 4.78 is 3.55. The van der Waals surface area contributed by atoms with Gasteiger partial charge in [0.05, 0.1) is 11.4 Å². The first-order valence-electron chi connectivity index (χ1n) is 9.40. The van der Waals surface area contributed by atoms with Crippen LogP contribution in [-0.2, 0) is 13.0 Å². The molecule has 3 heterocycles. The lowest BCUT2D eigenvalue weighted by molar-refractivity contribution is 0.419. The molecule has 0 saturated heterocycles. The van der Waals surface area contributed by atoms with Gasteiger partial charge in [0.15, 0.2) is 5.82 Å². The molecule has 3 aromatic rings. The maximum atomic E-state index is 10.6. The van der Waals surface area contributed by atoms with Crippen molar-refractivity contribution in [3.05, 3.63) is 47.2 Å². The first-order chi connectivity index (χ1) is 14.2. The summed E-state index contributed by atoms with van der Waals surface area (Å²) in [7, 11) is 0. The normalized spacial score (nSPS) is 14.6. The van der Waals surface area contributed by atoms with Crippen molar-refractivity contribution in [2.24, 2.45) is 0 Å². The summed E-state index contributed by atoms with van der Waals surface area (Å²) in [6.45, 7) is 2.77. The van der Waals surface area contributed by atoms with E-state index in [1.165, 1.54) is 11.8 Å². The van der Waals surface area contributed by atoms with Crippen LogP contribution in [0.3, 0.4) is 0 Å². The van der Waals surface area contributed by atoms with Gasteiger partial charge < -0.3 is 9.67 Å². The van der Waals surface area contributed by atoms with Gasteiger partial charge >= 0.3 is 0 Å². The molecule has 0 aliphatic carbocycles. The van der Waals surface area contributed by atoms with Crippen LogP contribution >= 0.6 is 11.8 Å². The third-order valence-electron chi connectivity index (χ3n) is 4.79. The van der Waals surface area contributed by atoms with Gasteiger partial charge in [-0.2, -0.15) is 9.94 Å². The lowest BCUT2D eigenvalue weighted by Crippen LogP contribution is -2.07. The van der Waals surface area contributed by atoms with E-state index in [1.54, 1.807) is 4.68 Å². The lowest BCUT2D eigenvalue weighted by atomic mass is 10.2. The number of aromatic nitrogens is 7. The van der Waals surface area contributed by atoms with E-state index in [9.17, 15) is 10.4 Å². The highest BCUT2D eigenvalue weighted by atomic mass is 32.2. The maximum Gasteiger partial charge on any atom is 0.214 e. The number of tetrazole rings is 1. The summed E-state index contributed by atoms with van der Waals surface area (Å²) in [4.78, 5) is 0. The van der Waals surface area contributed by atoms with Crippen molar-refractivity contribution in [1.29, 1.82) is 5.26 Å². The van der Waals surface area contributed by atoms with Gasteiger partial charge in [0.1, 0.15) is 23.2 Å². The van der Waals surface area contributed by atoms with E-state index in [4.69, 9.17) is 0 Å². The van der Waals surface area contributed by atoms with Crippen LogP contribution in [0.5, 0.6) is 0 Å². The maximum absolute atomic E-state index is 10.6. The number of benzene rings is 1. The average Bonchev–Trinajstić information content (AvgIpc) is 3.28. The Hall–Kier alpha value is -3.19. The minimum absolute atomic E-state index is 0.0598. The predicted octanol–water partition coefficient (Wildman–Crippen LogP) is 2.87. The number of hydrogen-bond acceptors (Lipinski definition) is 8. The van der Waals surface area contributed by atoms with Crippen LogP contribution in [0, 0.1) is 18.3 Å². The van der Waals surface area contributed by atoms with Gasteiger partial charge in [-0.25, -0.2) is 0 Å². The predicted molar refractivity (Wildman–Crippen MR) is 107 cm³/mol. The molecule has 4 rings (SSSR count). The summed E-state index contributed by atoms with van der Waals surface area (Å²) in [6.07, 6.45) is 4.04. The first kappa shape index (κ1) is 19.1. The van der Waals surface area contributed by atoms with Gasteiger partial charge in [-0.15, -0.1) is 15.3 Å². The molecule has 0 saturated carbocycles. The second-order valence-electron chi connectivity index (χ2n) is 6.83. The summed E-state index contributed by atoms with van der Waals surface area (Å²) in [5.41, 5.74) is 2.12. The van der Waals surface area contributed by atoms with Crippen molar-refractivity contribution >= 4 is 17.3 Å². The summed E-state index contributed by atoms with van der Waals surface area (Å²) >= 11 is 1.25. The largest absolute Gasteiger partial charge is 0.510 e. The number of hydrogen-bond donors (Lipinski definition) is 1. The number of nitriles is 1. The highest BCUT2D eigenvalue weighted by Crippen LogP contribution is 2.25. The number of fused-ring (bicyclic) bond motifs is 1. The second kappa shape index (κ2) is 8.45. The van der Waals surface area contributed by atoms with Crippen LogP contribution in [0.2, 0.25) is 0 Å². The van der Waals surface area contributed by atoms with E-state index >= 15 is 0 Å². The Morgan fingerprint density at radius 3 is 2.79 bits per heavy atom. The van der Waals surface area contributed by atoms with E-state index < -0.39 is 0 Å². The molecular formula is C19H20N8OS. The first-order valence-corrected chi connectivity index (χ1v) is 10.4. The molecule has 0 unspecified atom stereocenters. The number of allylic oxidation sites excluding steroid dienone is 1. The van der Waals surface area contributed by atoms with Crippen LogP contribution in [0.25, 0.3) is 11.3 Å². The monoisotopic (exact) mass is 408 g/mol.